The molecule has 0 heterocycles. The summed E-state index contributed by atoms with van der Waals surface area (Å²) in [4.78, 5) is 0. The van der Waals surface area contributed by atoms with Gasteiger partial charge >= 0.3 is 10.3 Å². The van der Waals surface area contributed by atoms with Crippen molar-refractivity contribution in [3.63, 3.8) is 0 Å². The SMILES string of the molecule is CC1(C)C2CCC(CCOS(N)(=O)=O)[C@@H]1C2. The van der Waals surface area contributed by atoms with Gasteiger partial charge in [-0.05, 0) is 48.9 Å². The molecule has 0 aliphatic heterocycles. The van der Waals surface area contributed by atoms with E-state index in [9.17, 15) is 8.42 Å². The first kappa shape index (κ1) is 12.3. The molecule has 2 N–H and O–H groups in total. The molecule has 0 spiro atoms. The number of hydrogen-bond acceptors (Lipinski definition) is 3. The number of fused-ring (bicyclic) bond motifs is 2. The minimum absolute atomic E-state index is 0.237. The standard InChI is InChI=1S/C11H21NO3S/c1-11(2)9-4-3-8(10(11)7-9)5-6-15-16(12,13)14/h8-10H,3-7H2,1-2H3,(H2,12,13,14)/t8?,9?,10-/m0/s1. The molecule has 94 valence electrons. The minimum Gasteiger partial charge on any atom is -0.258 e. The third-order valence-corrected chi connectivity index (χ3v) is 5.23. The molecule has 0 saturated heterocycles. The fourth-order valence-corrected chi connectivity index (χ4v) is 3.95. The zero-order valence-electron chi connectivity index (χ0n) is 9.98. The van der Waals surface area contributed by atoms with Crippen LogP contribution < -0.4 is 5.14 Å². The van der Waals surface area contributed by atoms with Crippen molar-refractivity contribution >= 4 is 10.3 Å². The van der Waals surface area contributed by atoms with Gasteiger partial charge in [0.2, 0.25) is 0 Å². The minimum atomic E-state index is -3.76. The van der Waals surface area contributed by atoms with Gasteiger partial charge in [-0.1, -0.05) is 13.8 Å². The molecule has 3 saturated carbocycles. The van der Waals surface area contributed by atoms with Crippen LogP contribution in [0.25, 0.3) is 0 Å². The predicted molar refractivity (Wildman–Crippen MR) is 61.8 cm³/mol. The number of hydrogen-bond donors (Lipinski definition) is 1. The summed E-state index contributed by atoms with van der Waals surface area (Å²) in [5.74, 6) is 2.24. The first-order valence-corrected chi connectivity index (χ1v) is 7.45. The summed E-state index contributed by atoms with van der Waals surface area (Å²) < 4.78 is 25.9. The smallest absolute Gasteiger partial charge is 0.258 e. The van der Waals surface area contributed by atoms with E-state index in [0.29, 0.717) is 11.3 Å². The van der Waals surface area contributed by atoms with Crippen molar-refractivity contribution in [3.8, 4) is 0 Å². The molecule has 3 aliphatic carbocycles. The molecule has 5 heteroatoms. The summed E-state index contributed by atoms with van der Waals surface area (Å²) in [6, 6.07) is 0. The van der Waals surface area contributed by atoms with E-state index in [2.05, 4.69) is 18.0 Å². The van der Waals surface area contributed by atoms with Gasteiger partial charge in [0.15, 0.2) is 0 Å². The highest BCUT2D eigenvalue weighted by atomic mass is 32.2. The van der Waals surface area contributed by atoms with E-state index >= 15 is 0 Å². The highest BCUT2D eigenvalue weighted by Crippen LogP contribution is 2.61. The Morgan fingerprint density at radius 2 is 2.06 bits per heavy atom. The van der Waals surface area contributed by atoms with Gasteiger partial charge in [-0.3, -0.25) is 4.18 Å². The monoisotopic (exact) mass is 247 g/mol. The fourth-order valence-electron chi connectivity index (χ4n) is 3.62. The Labute approximate surface area is 97.8 Å². The van der Waals surface area contributed by atoms with Crippen LogP contribution in [0.4, 0.5) is 0 Å². The molecule has 3 atom stereocenters. The molecule has 4 nitrogen and oxygen atoms in total. The Morgan fingerprint density at radius 1 is 1.38 bits per heavy atom. The maximum absolute atomic E-state index is 10.6. The first-order chi connectivity index (χ1) is 7.31. The average molecular weight is 247 g/mol. The van der Waals surface area contributed by atoms with Crippen molar-refractivity contribution in [2.45, 2.75) is 39.5 Å². The van der Waals surface area contributed by atoms with E-state index in [1.165, 1.54) is 19.3 Å². The highest BCUT2D eigenvalue weighted by molar-refractivity contribution is 7.84. The Balaban J connectivity index is 1.83. The van der Waals surface area contributed by atoms with Crippen molar-refractivity contribution in [2.75, 3.05) is 6.61 Å². The maximum Gasteiger partial charge on any atom is 0.333 e. The lowest BCUT2D eigenvalue weighted by atomic mass is 9.45. The first-order valence-electron chi connectivity index (χ1n) is 5.98. The van der Waals surface area contributed by atoms with Gasteiger partial charge in [-0.2, -0.15) is 8.42 Å². The Hall–Kier alpha value is -0.130. The second kappa shape index (κ2) is 3.96. The number of rotatable bonds is 4. The van der Waals surface area contributed by atoms with Crippen LogP contribution in [0.1, 0.15) is 39.5 Å². The lowest BCUT2D eigenvalue weighted by molar-refractivity contribution is -0.108. The predicted octanol–water partition coefficient (Wildman–Crippen LogP) is 1.67. The summed E-state index contributed by atoms with van der Waals surface area (Å²) in [6.45, 7) is 4.90. The molecule has 16 heavy (non-hydrogen) atoms. The molecule has 2 bridgehead atoms. The fraction of sp³-hybridized carbons (Fsp3) is 1.00. The van der Waals surface area contributed by atoms with Crippen LogP contribution in [0.15, 0.2) is 0 Å². The van der Waals surface area contributed by atoms with Gasteiger partial charge in [0.1, 0.15) is 0 Å². The van der Waals surface area contributed by atoms with E-state index in [0.717, 1.165) is 18.3 Å². The van der Waals surface area contributed by atoms with E-state index in [4.69, 9.17) is 5.14 Å². The van der Waals surface area contributed by atoms with Gasteiger partial charge in [0.05, 0.1) is 6.61 Å². The molecule has 3 fully saturated rings. The van der Waals surface area contributed by atoms with Gasteiger partial charge < -0.3 is 0 Å². The van der Waals surface area contributed by atoms with Gasteiger partial charge in [-0.25, -0.2) is 5.14 Å². The van der Waals surface area contributed by atoms with Crippen LogP contribution in [0.5, 0.6) is 0 Å². The summed E-state index contributed by atoms with van der Waals surface area (Å²) in [6.07, 6.45) is 4.63. The van der Waals surface area contributed by atoms with E-state index in [1.807, 2.05) is 0 Å². The van der Waals surface area contributed by atoms with Crippen molar-refractivity contribution < 1.29 is 12.6 Å². The zero-order chi connectivity index (χ0) is 12.0. The van der Waals surface area contributed by atoms with Crippen LogP contribution in [0.2, 0.25) is 0 Å². The van der Waals surface area contributed by atoms with E-state index in [-0.39, 0.29) is 6.61 Å². The molecular weight excluding hydrogens is 226 g/mol. The second-order valence-electron chi connectivity index (χ2n) is 5.80. The molecule has 0 amide bonds. The van der Waals surface area contributed by atoms with Gasteiger partial charge in [-0.15, -0.1) is 0 Å². The summed E-state index contributed by atoms with van der Waals surface area (Å²) >= 11 is 0. The number of nitrogens with two attached hydrogens (primary N) is 1. The lowest BCUT2D eigenvalue weighted by Gasteiger charge is -2.60. The van der Waals surface area contributed by atoms with Crippen LogP contribution in [-0.4, -0.2) is 15.0 Å². The maximum atomic E-state index is 10.6. The zero-order valence-corrected chi connectivity index (χ0v) is 10.8. The molecule has 0 aromatic carbocycles. The molecule has 2 unspecified atom stereocenters. The molecule has 3 rings (SSSR count). The van der Waals surface area contributed by atoms with Crippen molar-refractivity contribution in [3.05, 3.63) is 0 Å². The summed E-state index contributed by atoms with van der Waals surface area (Å²) in [7, 11) is -3.76. The van der Waals surface area contributed by atoms with Crippen LogP contribution >= 0.6 is 0 Å². The summed E-state index contributed by atoms with van der Waals surface area (Å²) in [5.41, 5.74) is 0.449. The molecule has 0 aromatic rings. The largest absolute Gasteiger partial charge is 0.333 e. The van der Waals surface area contributed by atoms with Gasteiger partial charge in [0, 0.05) is 0 Å². The average Bonchev–Trinajstić information content (AvgIpc) is 2.15. The second-order valence-corrected chi connectivity index (χ2v) is 7.02. The van der Waals surface area contributed by atoms with Crippen molar-refractivity contribution in [1.82, 2.24) is 0 Å². The molecule has 0 radical (unpaired) electrons. The molecule has 0 aromatic heterocycles. The highest BCUT2D eigenvalue weighted by Gasteiger charge is 2.53. The van der Waals surface area contributed by atoms with E-state index in [1.54, 1.807) is 0 Å². The summed E-state index contributed by atoms with van der Waals surface area (Å²) in [5, 5.41) is 4.80. The van der Waals surface area contributed by atoms with Crippen molar-refractivity contribution in [2.24, 2.45) is 28.3 Å². The quantitative estimate of drug-likeness (QED) is 0.821. The van der Waals surface area contributed by atoms with E-state index < -0.39 is 10.3 Å². The van der Waals surface area contributed by atoms with Crippen LogP contribution in [0.3, 0.4) is 0 Å². The molecular formula is C11H21NO3S. The van der Waals surface area contributed by atoms with Crippen molar-refractivity contribution in [1.29, 1.82) is 0 Å². The van der Waals surface area contributed by atoms with Crippen LogP contribution in [0, 0.1) is 23.2 Å². The molecule has 3 aliphatic rings. The third-order valence-electron chi connectivity index (χ3n) is 4.74. The lowest BCUT2D eigenvalue weighted by Crippen LogP contribution is -2.52. The third kappa shape index (κ3) is 2.26. The Bertz CT molecular complexity index is 361. The van der Waals surface area contributed by atoms with Gasteiger partial charge in [0.25, 0.3) is 0 Å². The van der Waals surface area contributed by atoms with Crippen LogP contribution in [-0.2, 0) is 14.5 Å². The Kier molecular flexibility index (Phi) is 3.05. The topological polar surface area (TPSA) is 69.4 Å². The normalized spacial score (nSPS) is 36.8. The Morgan fingerprint density at radius 3 is 2.56 bits per heavy atom.